The van der Waals surface area contributed by atoms with Gasteiger partial charge in [-0.15, -0.1) is 0 Å². The molecule has 2 N–H and O–H groups in total. The molecule has 0 radical (unpaired) electrons. The van der Waals surface area contributed by atoms with Gasteiger partial charge in [0.1, 0.15) is 0 Å². The Bertz CT molecular complexity index is 413. The van der Waals surface area contributed by atoms with Crippen molar-refractivity contribution in [2.45, 2.75) is 44.4 Å². The highest BCUT2D eigenvalue weighted by atomic mass is 16.5. The second kappa shape index (κ2) is 6.17. The SMILES string of the molecule is CCOC(=O)CC1(N)CC(OCc2ccccc2)C1. The van der Waals surface area contributed by atoms with E-state index in [1.54, 1.807) is 6.92 Å². The molecular weight excluding hydrogens is 242 g/mol. The molecule has 0 bridgehead atoms. The van der Waals surface area contributed by atoms with E-state index in [1.807, 2.05) is 30.3 Å². The second-order valence-corrected chi connectivity index (χ2v) is 5.17. The van der Waals surface area contributed by atoms with Crippen molar-refractivity contribution in [3.05, 3.63) is 35.9 Å². The summed E-state index contributed by atoms with van der Waals surface area (Å²) in [6.45, 7) is 2.80. The summed E-state index contributed by atoms with van der Waals surface area (Å²) >= 11 is 0. The summed E-state index contributed by atoms with van der Waals surface area (Å²) in [5, 5.41) is 0. The number of rotatable bonds is 6. The molecule has 4 heteroatoms. The quantitative estimate of drug-likeness (QED) is 0.798. The van der Waals surface area contributed by atoms with Crippen LogP contribution in [0.3, 0.4) is 0 Å². The molecule has 104 valence electrons. The summed E-state index contributed by atoms with van der Waals surface area (Å²) < 4.78 is 10.7. The van der Waals surface area contributed by atoms with E-state index >= 15 is 0 Å². The smallest absolute Gasteiger partial charge is 0.307 e. The van der Waals surface area contributed by atoms with E-state index in [4.69, 9.17) is 15.2 Å². The van der Waals surface area contributed by atoms with Crippen LogP contribution >= 0.6 is 0 Å². The van der Waals surface area contributed by atoms with Gasteiger partial charge >= 0.3 is 5.97 Å². The minimum atomic E-state index is -0.437. The van der Waals surface area contributed by atoms with Gasteiger partial charge in [-0.05, 0) is 25.3 Å². The predicted octanol–water partition coefficient (Wildman–Crippen LogP) is 2.02. The van der Waals surface area contributed by atoms with Crippen molar-refractivity contribution in [3.8, 4) is 0 Å². The number of nitrogens with two attached hydrogens (primary N) is 1. The molecule has 1 aliphatic rings. The van der Waals surface area contributed by atoms with Crippen LogP contribution in [0.1, 0.15) is 31.7 Å². The van der Waals surface area contributed by atoms with Gasteiger partial charge in [0.25, 0.3) is 0 Å². The molecule has 0 spiro atoms. The Hall–Kier alpha value is -1.39. The molecular formula is C15H21NO3. The molecule has 1 aromatic rings. The normalized spacial score (nSPS) is 25.7. The Morgan fingerprint density at radius 3 is 2.68 bits per heavy atom. The fourth-order valence-electron chi connectivity index (χ4n) is 2.40. The Morgan fingerprint density at radius 1 is 1.37 bits per heavy atom. The molecule has 1 saturated carbocycles. The zero-order valence-corrected chi connectivity index (χ0v) is 11.3. The van der Waals surface area contributed by atoms with Crippen molar-refractivity contribution in [1.82, 2.24) is 0 Å². The van der Waals surface area contributed by atoms with Crippen LogP contribution in [0.5, 0.6) is 0 Å². The first-order valence-corrected chi connectivity index (χ1v) is 6.71. The number of esters is 1. The predicted molar refractivity (Wildman–Crippen MR) is 72.4 cm³/mol. The average Bonchev–Trinajstić information content (AvgIpc) is 2.35. The van der Waals surface area contributed by atoms with Gasteiger partial charge in [0, 0.05) is 5.54 Å². The molecule has 4 nitrogen and oxygen atoms in total. The van der Waals surface area contributed by atoms with E-state index in [-0.39, 0.29) is 18.5 Å². The standard InChI is InChI=1S/C15H21NO3/c1-2-18-14(17)10-15(16)8-13(9-15)19-11-12-6-4-3-5-7-12/h3-7,13H,2,8-11,16H2,1H3. The lowest BCUT2D eigenvalue weighted by atomic mass is 9.73. The highest BCUT2D eigenvalue weighted by molar-refractivity contribution is 5.71. The van der Waals surface area contributed by atoms with Crippen molar-refractivity contribution in [2.24, 2.45) is 5.73 Å². The summed E-state index contributed by atoms with van der Waals surface area (Å²) in [7, 11) is 0. The Labute approximate surface area is 113 Å². The van der Waals surface area contributed by atoms with E-state index in [9.17, 15) is 4.79 Å². The zero-order chi connectivity index (χ0) is 13.7. The molecule has 0 aliphatic heterocycles. The summed E-state index contributed by atoms with van der Waals surface area (Å²) in [4.78, 5) is 11.4. The minimum absolute atomic E-state index is 0.152. The maximum absolute atomic E-state index is 11.4. The molecule has 0 amide bonds. The average molecular weight is 263 g/mol. The number of benzene rings is 1. The maximum atomic E-state index is 11.4. The van der Waals surface area contributed by atoms with Crippen LogP contribution in [-0.2, 0) is 20.9 Å². The minimum Gasteiger partial charge on any atom is -0.466 e. The lowest BCUT2D eigenvalue weighted by Crippen LogP contribution is -2.56. The van der Waals surface area contributed by atoms with Crippen LogP contribution < -0.4 is 5.73 Å². The zero-order valence-electron chi connectivity index (χ0n) is 11.3. The lowest BCUT2D eigenvalue weighted by molar-refractivity contribution is -0.147. The fourth-order valence-corrected chi connectivity index (χ4v) is 2.40. The second-order valence-electron chi connectivity index (χ2n) is 5.17. The molecule has 1 aliphatic carbocycles. The fraction of sp³-hybridized carbons (Fsp3) is 0.533. The molecule has 1 fully saturated rings. The van der Waals surface area contributed by atoms with E-state index in [0.29, 0.717) is 13.2 Å². The van der Waals surface area contributed by atoms with Gasteiger partial charge in [0.15, 0.2) is 0 Å². The molecule has 0 aromatic heterocycles. The lowest BCUT2D eigenvalue weighted by Gasteiger charge is -2.43. The maximum Gasteiger partial charge on any atom is 0.307 e. The van der Waals surface area contributed by atoms with E-state index < -0.39 is 5.54 Å². The highest BCUT2D eigenvalue weighted by Crippen LogP contribution is 2.35. The third-order valence-electron chi connectivity index (χ3n) is 3.40. The highest BCUT2D eigenvalue weighted by Gasteiger charge is 2.43. The Balaban J connectivity index is 1.69. The number of ether oxygens (including phenoxy) is 2. The number of hydrogen-bond donors (Lipinski definition) is 1. The summed E-state index contributed by atoms with van der Waals surface area (Å²) in [5.74, 6) is -0.216. The van der Waals surface area contributed by atoms with Gasteiger partial charge < -0.3 is 15.2 Å². The topological polar surface area (TPSA) is 61.5 Å². The molecule has 1 aromatic carbocycles. The van der Waals surface area contributed by atoms with E-state index in [0.717, 1.165) is 18.4 Å². The van der Waals surface area contributed by atoms with Crippen molar-refractivity contribution in [1.29, 1.82) is 0 Å². The third-order valence-corrected chi connectivity index (χ3v) is 3.40. The summed E-state index contributed by atoms with van der Waals surface area (Å²) in [6.07, 6.45) is 1.88. The summed E-state index contributed by atoms with van der Waals surface area (Å²) in [6, 6.07) is 10.0. The van der Waals surface area contributed by atoms with Crippen LogP contribution in [0.25, 0.3) is 0 Å². The van der Waals surface area contributed by atoms with Crippen molar-refractivity contribution in [3.63, 3.8) is 0 Å². The van der Waals surface area contributed by atoms with Gasteiger partial charge in [-0.2, -0.15) is 0 Å². The van der Waals surface area contributed by atoms with Gasteiger partial charge in [0.05, 0.1) is 25.7 Å². The molecule has 0 heterocycles. The van der Waals surface area contributed by atoms with E-state index in [2.05, 4.69) is 0 Å². The van der Waals surface area contributed by atoms with Crippen LogP contribution in [0.15, 0.2) is 30.3 Å². The Morgan fingerprint density at radius 2 is 2.05 bits per heavy atom. The van der Waals surface area contributed by atoms with Crippen LogP contribution in [-0.4, -0.2) is 24.2 Å². The Kier molecular flexibility index (Phi) is 4.56. The molecule has 19 heavy (non-hydrogen) atoms. The first kappa shape index (κ1) is 14.0. The van der Waals surface area contributed by atoms with Gasteiger partial charge in [-0.25, -0.2) is 0 Å². The van der Waals surface area contributed by atoms with Crippen molar-refractivity contribution in [2.75, 3.05) is 6.61 Å². The van der Waals surface area contributed by atoms with Crippen LogP contribution in [0, 0.1) is 0 Å². The molecule has 2 rings (SSSR count). The van der Waals surface area contributed by atoms with Gasteiger partial charge in [0.2, 0.25) is 0 Å². The van der Waals surface area contributed by atoms with Gasteiger partial charge in [-0.1, -0.05) is 30.3 Å². The van der Waals surface area contributed by atoms with Crippen molar-refractivity contribution < 1.29 is 14.3 Å². The molecule has 0 atom stereocenters. The monoisotopic (exact) mass is 263 g/mol. The first-order valence-electron chi connectivity index (χ1n) is 6.71. The van der Waals surface area contributed by atoms with E-state index in [1.165, 1.54) is 0 Å². The third kappa shape index (κ3) is 4.04. The molecule has 0 saturated heterocycles. The van der Waals surface area contributed by atoms with Crippen LogP contribution in [0.2, 0.25) is 0 Å². The first-order chi connectivity index (χ1) is 9.11. The number of carbonyl (C=O) groups excluding carboxylic acids is 1. The summed E-state index contributed by atoms with van der Waals surface area (Å²) in [5.41, 5.74) is 6.83. The van der Waals surface area contributed by atoms with Crippen LogP contribution in [0.4, 0.5) is 0 Å². The van der Waals surface area contributed by atoms with Gasteiger partial charge in [-0.3, -0.25) is 4.79 Å². The molecule has 0 unspecified atom stereocenters. The number of hydrogen-bond acceptors (Lipinski definition) is 4. The largest absolute Gasteiger partial charge is 0.466 e. The van der Waals surface area contributed by atoms with Crippen molar-refractivity contribution >= 4 is 5.97 Å². The number of carbonyl (C=O) groups is 1.